The fraction of sp³-hybridized carbons (Fsp3) is 0.529. The number of unbranched alkanes of at least 4 members (excludes halogenated alkanes) is 1. The molecule has 4 nitrogen and oxygen atoms in total. The van der Waals surface area contributed by atoms with Crippen molar-refractivity contribution in [2.75, 3.05) is 13.2 Å². The number of halogens is 1. The predicted octanol–water partition coefficient (Wildman–Crippen LogP) is 3.81. The highest BCUT2D eigenvalue weighted by Gasteiger charge is 2.16. The van der Waals surface area contributed by atoms with Gasteiger partial charge in [0, 0.05) is 24.5 Å². The van der Waals surface area contributed by atoms with Crippen molar-refractivity contribution in [2.24, 2.45) is 0 Å². The molecule has 0 heterocycles. The Hall–Kier alpha value is -1.55. The normalized spacial score (nSPS) is 10.3. The van der Waals surface area contributed by atoms with E-state index in [4.69, 9.17) is 16.3 Å². The van der Waals surface area contributed by atoms with Crippen LogP contribution in [0.2, 0.25) is 5.02 Å². The van der Waals surface area contributed by atoms with E-state index in [0.717, 1.165) is 18.4 Å². The lowest BCUT2D eigenvalue weighted by molar-refractivity contribution is -0.144. The maximum Gasteiger partial charge on any atom is 0.307 e. The third-order valence-corrected chi connectivity index (χ3v) is 3.68. The molecular weight excluding hydrogens is 302 g/mol. The Morgan fingerprint density at radius 2 is 1.91 bits per heavy atom. The summed E-state index contributed by atoms with van der Waals surface area (Å²) in [6.45, 7) is 4.94. The predicted molar refractivity (Wildman–Crippen MR) is 87.6 cm³/mol. The molecule has 1 aromatic rings. The number of benzene rings is 1. The van der Waals surface area contributed by atoms with Crippen molar-refractivity contribution in [1.82, 2.24) is 4.90 Å². The highest BCUT2D eigenvalue weighted by molar-refractivity contribution is 6.31. The van der Waals surface area contributed by atoms with Gasteiger partial charge in [-0.1, -0.05) is 43.1 Å². The van der Waals surface area contributed by atoms with Crippen molar-refractivity contribution in [2.45, 2.75) is 46.1 Å². The van der Waals surface area contributed by atoms with Crippen LogP contribution in [0.4, 0.5) is 0 Å². The largest absolute Gasteiger partial charge is 0.466 e. The molecule has 0 saturated carbocycles. The standard InChI is InChI=1S/C17H24ClNO3/c1-3-5-10-16(20)19(12-11-17(21)22-4-2)13-14-8-6-7-9-15(14)18/h6-9H,3-5,10-13H2,1-2H3. The smallest absolute Gasteiger partial charge is 0.307 e. The third-order valence-electron chi connectivity index (χ3n) is 3.31. The van der Waals surface area contributed by atoms with Crippen LogP contribution in [0.5, 0.6) is 0 Å². The average molecular weight is 326 g/mol. The maximum absolute atomic E-state index is 12.3. The summed E-state index contributed by atoms with van der Waals surface area (Å²) < 4.78 is 4.92. The van der Waals surface area contributed by atoms with Crippen molar-refractivity contribution in [1.29, 1.82) is 0 Å². The zero-order chi connectivity index (χ0) is 16.4. The van der Waals surface area contributed by atoms with E-state index in [1.54, 1.807) is 17.9 Å². The summed E-state index contributed by atoms with van der Waals surface area (Å²) in [5.41, 5.74) is 0.887. The Balaban J connectivity index is 2.71. The zero-order valence-corrected chi connectivity index (χ0v) is 14.1. The number of amides is 1. The van der Waals surface area contributed by atoms with Gasteiger partial charge in [0.1, 0.15) is 0 Å². The summed E-state index contributed by atoms with van der Waals surface area (Å²) in [4.78, 5) is 25.5. The van der Waals surface area contributed by atoms with Crippen LogP contribution in [-0.4, -0.2) is 29.9 Å². The SMILES string of the molecule is CCCCC(=O)N(CCC(=O)OCC)Cc1ccccc1Cl. The van der Waals surface area contributed by atoms with E-state index in [1.165, 1.54) is 0 Å². The number of hydrogen-bond donors (Lipinski definition) is 0. The topological polar surface area (TPSA) is 46.6 Å². The van der Waals surface area contributed by atoms with Crippen LogP contribution in [0, 0.1) is 0 Å². The summed E-state index contributed by atoms with van der Waals surface area (Å²) in [6, 6.07) is 7.44. The van der Waals surface area contributed by atoms with Crippen LogP contribution in [-0.2, 0) is 20.9 Å². The molecule has 1 rings (SSSR count). The van der Waals surface area contributed by atoms with Gasteiger partial charge in [-0.2, -0.15) is 0 Å². The van der Waals surface area contributed by atoms with E-state index in [-0.39, 0.29) is 18.3 Å². The summed E-state index contributed by atoms with van der Waals surface area (Å²) in [5.74, 6) is -0.235. The van der Waals surface area contributed by atoms with Crippen LogP contribution in [0.1, 0.15) is 45.1 Å². The number of hydrogen-bond acceptors (Lipinski definition) is 3. The van der Waals surface area contributed by atoms with Gasteiger partial charge < -0.3 is 9.64 Å². The zero-order valence-electron chi connectivity index (χ0n) is 13.3. The second-order valence-electron chi connectivity index (χ2n) is 5.07. The molecule has 1 aromatic carbocycles. The van der Waals surface area contributed by atoms with E-state index in [9.17, 15) is 9.59 Å². The molecule has 122 valence electrons. The van der Waals surface area contributed by atoms with E-state index in [2.05, 4.69) is 0 Å². The number of esters is 1. The first kappa shape index (κ1) is 18.5. The molecule has 0 unspecified atom stereocenters. The molecule has 0 aliphatic heterocycles. The Kier molecular flexibility index (Phi) is 8.60. The highest BCUT2D eigenvalue weighted by Crippen LogP contribution is 2.18. The van der Waals surface area contributed by atoms with Crippen molar-refractivity contribution in [3.63, 3.8) is 0 Å². The Morgan fingerprint density at radius 3 is 2.55 bits per heavy atom. The van der Waals surface area contributed by atoms with Crippen LogP contribution in [0.25, 0.3) is 0 Å². The number of rotatable bonds is 9. The van der Waals surface area contributed by atoms with Crippen LogP contribution >= 0.6 is 11.6 Å². The summed E-state index contributed by atoms with van der Waals surface area (Å²) in [5, 5.41) is 0.631. The second-order valence-corrected chi connectivity index (χ2v) is 5.47. The minimum atomic E-state index is -0.282. The molecular formula is C17H24ClNO3. The number of nitrogens with zero attached hydrogens (tertiary/aromatic N) is 1. The lowest BCUT2D eigenvalue weighted by Gasteiger charge is -2.23. The van der Waals surface area contributed by atoms with Crippen LogP contribution in [0.15, 0.2) is 24.3 Å². The van der Waals surface area contributed by atoms with Crippen LogP contribution in [0.3, 0.4) is 0 Å². The van der Waals surface area contributed by atoms with E-state index in [0.29, 0.717) is 31.1 Å². The van der Waals surface area contributed by atoms with Gasteiger partial charge in [0.25, 0.3) is 0 Å². The molecule has 0 saturated heterocycles. The first-order chi connectivity index (χ1) is 10.6. The van der Waals surface area contributed by atoms with Crippen LogP contribution < -0.4 is 0 Å². The number of carbonyl (C=O) groups is 2. The molecule has 5 heteroatoms. The molecule has 0 atom stereocenters. The summed E-state index contributed by atoms with van der Waals surface area (Å²) in [6.07, 6.45) is 2.50. The lowest BCUT2D eigenvalue weighted by atomic mass is 10.1. The Bertz CT molecular complexity index is 491. The first-order valence-corrected chi connectivity index (χ1v) is 8.13. The van der Waals surface area contributed by atoms with E-state index >= 15 is 0 Å². The van der Waals surface area contributed by atoms with Crippen molar-refractivity contribution in [3.8, 4) is 0 Å². The third kappa shape index (κ3) is 6.48. The lowest BCUT2D eigenvalue weighted by Crippen LogP contribution is -2.32. The molecule has 0 fully saturated rings. The summed E-state index contributed by atoms with van der Waals surface area (Å²) >= 11 is 6.16. The molecule has 1 amide bonds. The molecule has 0 bridgehead atoms. The minimum Gasteiger partial charge on any atom is -0.466 e. The first-order valence-electron chi connectivity index (χ1n) is 7.75. The van der Waals surface area contributed by atoms with Gasteiger partial charge in [0.2, 0.25) is 5.91 Å². The fourth-order valence-electron chi connectivity index (χ4n) is 2.07. The summed E-state index contributed by atoms with van der Waals surface area (Å²) in [7, 11) is 0. The van der Waals surface area contributed by atoms with E-state index in [1.807, 2.05) is 25.1 Å². The van der Waals surface area contributed by atoms with Gasteiger partial charge in [-0.15, -0.1) is 0 Å². The van der Waals surface area contributed by atoms with Gasteiger partial charge in [0.05, 0.1) is 13.0 Å². The van der Waals surface area contributed by atoms with Crippen molar-refractivity contribution >= 4 is 23.5 Å². The van der Waals surface area contributed by atoms with Gasteiger partial charge in [0.15, 0.2) is 0 Å². The molecule has 0 spiro atoms. The van der Waals surface area contributed by atoms with E-state index < -0.39 is 0 Å². The quantitative estimate of drug-likeness (QED) is 0.648. The number of ether oxygens (including phenoxy) is 1. The van der Waals surface area contributed by atoms with Crippen molar-refractivity contribution < 1.29 is 14.3 Å². The fourth-order valence-corrected chi connectivity index (χ4v) is 2.27. The molecule has 0 aliphatic rings. The average Bonchev–Trinajstić information content (AvgIpc) is 2.51. The van der Waals surface area contributed by atoms with Crippen molar-refractivity contribution in [3.05, 3.63) is 34.9 Å². The monoisotopic (exact) mass is 325 g/mol. The molecule has 0 radical (unpaired) electrons. The Labute approximate surface area is 137 Å². The van der Waals surface area contributed by atoms with Gasteiger partial charge in [-0.3, -0.25) is 9.59 Å². The molecule has 0 aromatic heterocycles. The highest BCUT2D eigenvalue weighted by atomic mass is 35.5. The minimum absolute atomic E-state index is 0.0473. The molecule has 0 N–H and O–H groups in total. The maximum atomic E-state index is 12.3. The molecule has 22 heavy (non-hydrogen) atoms. The second kappa shape index (κ2) is 10.2. The van der Waals surface area contributed by atoms with Gasteiger partial charge in [-0.25, -0.2) is 0 Å². The van der Waals surface area contributed by atoms with Gasteiger partial charge >= 0.3 is 5.97 Å². The number of carbonyl (C=O) groups excluding carboxylic acids is 2. The Morgan fingerprint density at radius 1 is 1.18 bits per heavy atom. The van der Waals surface area contributed by atoms with Gasteiger partial charge in [-0.05, 0) is 25.0 Å². The molecule has 0 aliphatic carbocycles.